The highest BCUT2D eigenvalue weighted by atomic mass is 32.1. The molecule has 4 nitrogen and oxygen atoms in total. The number of thiazole rings is 1. The van der Waals surface area contributed by atoms with E-state index in [1.165, 1.54) is 11.3 Å². The Morgan fingerprint density at radius 1 is 1.60 bits per heavy atom. The third-order valence-corrected chi connectivity index (χ3v) is 3.94. The molecule has 0 unspecified atom stereocenters. The molecule has 2 aliphatic rings. The highest BCUT2D eigenvalue weighted by Crippen LogP contribution is 2.28. The fourth-order valence-corrected chi connectivity index (χ4v) is 3.09. The Morgan fingerprint density at radius 3 is 3.33 bits per heavy atom. The number of fused-ring (bicyclic) bond motifs is 1. The van der Waals surface area contributed by atoms with Crippen molar-refractivity contribution in [3.63, 3.8) is 0 Å². The van der Waals surface area contributed by atoms with E-state index < -0.39 is 0 Å². The average Bonchev–Trinajstić information content (AvgIpc) is 2.94. The lowest BCUT2D eigenvalue weighted by molar-refractivity contribution is 0.0732. The first-order valence-corrected chi connectivity index (χ1v) is 6.20. The van der Waals surface area contributed by atoms with Crippen LogP contribution in [0.5, 0.6) is 0 Å². The quantitative estimate of drug-likeness (QED) is 0.757. The second kappa shape index (κ2) is 3.57. The van der Waals surface area contributed by atoms with Gasteiger partial charge in [-0.05, 0) is 12.3 Å². The van der Waals surface area contributed by atoms with Crippen LogP contribution in [0.2, 0.25) is 0 Å². The molecule has 0 bridgehead atoms. The zero-order valence-electron chi connectivity index (χ0n) is 8.35. The van der Waals surface area contributed by atoms with E-state index >= 15 is 0 Å². The van der Waals surface area contributed by atoms with Crippen LogP contribution < -0.4 is 5.32 Å². The van der Waals surface area contributed by atoms with Crippen molar-refractivity contribution in [3.8, 4) is 0 Å². The number of aromatic nitrogens is 1. The summed E-state index contributed by atoms with van der Waals surface area (Å²) in [6, 6.07) is 0.402. The minimum absolute atomic E-state index is 0.104. The van der Waals surface area contributed by atoms with Crippen molar-refractivity contribution in [3.05, 3.63) is 16.6 Å². The Hall–Kier alpha value is -0.940. The lowest BCUT2D eigenvalue weighted by Gasteiger charge is -2.22. The highest BCUT2D eigenvalue weighted by Gasteiger charge is 2.40. The Bertz CT molecular complexity index is 365. The van der Waals surface area contributed by atoms with Gasteiger partial charge >= 0.3 is 0 Å². The van der Waals surface area contributed by atoms with E-state index in [2.05, 4.69) is 10.3 Å². The molecule has 0 aliphatic carbocycles. The van der Waals surface area contributed by atoms with E-state index in [1.807, 2.05) is 10.3 Å². The molecule has 0 spiro atoms. The molecule has 2 atom stereocenters. The SMILES string of the molecule is O=C(c1cscn1)N1CC[C@H]2CNC[C@H]21. The fraction of sp³-hybridized carbons (Fsp3) is 0.600. The van der Waals surface area contributed by atoms with E-state index in [0.717, 1.165) is 26.1 Å². The molecule has 1 aromatic rings. The van der Waals surface area contributed by atoms with Crippen LogP contribution in [0.15, 0.2) is 10.9 Å². The van der Waals surface area contributed by atoms with E-state index in [0.29, 0.717) is 17.7 Å². The monoisotopic (exact) mass is 223 g/mol. The molecule has 0 radical (unpaired) electrons. The number of nitrogens with one attached hydrogen (secondary N) is 1. The summed E-state index contributed by atoms with van der Waals surface area (Å²) in [5.74, 6) is 0.764. The number of carbonyl (C=O) groups is 1. The van der Waals surface area contributed by atoms with Crippen molar-refractivity contribution in [2.45, 2.75) is 12.5 Å². The van der Waals surface area contributed by atoms with Gasteiger partial charge in [0.05, 0.1) is 5.51 Å². The number of likely N-dealkylation sites (tertiary alicyclic amines) is 1. The van der Waals surface area contributed by atoms with Gasteiger partial charge in [0.2, 0.25) is 0 Å². The zero-order valence-corrected chi connectivity index (χ0v) is 9.17. The Labute approximate surface area is 92.3 Å². The number of hydrogen-bond acceptors (Lipinski definition) is 4. The molecule has 1 aromatic heterocycles. The second-order valence-corrected chi connectivity index (χ2v) is 4.87. The maximum atomic E-state index is 12.1. The highest BCUT2D eigenvalue weighted by molar-refractivity contribution is 7.07. The van der Waals surface area contributed by atoms with Crippen molar-refractivity contribution in [1.82, 2.24) is 15.2 Å². The first-order chi connectivity index (χ1) is 7.36. The second-order valence-electron chi connectivity index (χ2n) is 4.15. The number of amides is 1. The van der Waals surface area contributed by atoms with Crippen LogP contribution in [0.3, 0.4) is 0 Å². The molecule has 1 amide bonds. The van der Waals surface area contributed by atoms with Gasteiger partial charge in [0, 0.05) is 31.1 Å². The molecule has 0 saturated carbocycles. The van der Waals surface area contributed by atoms with Crippen LogP contribution in [0.25, 0.3) is 0 Å². The van der Waals surface area contributed by atoms with Gasteiger partial charge in [0.25, 0.3) is 5.91 Å². The normalized spacial score (nSPS) is 29.5. The van der Waals surface area contributed by atoms with Gasteiger partial charge in [-0.1, -0.05) is 0 Å². The van der Waals surface area contributed by atoms with Crippen molar-refractivity contribution in [2.24, 2.45) is 5.92 Å². The van der Waals surface area contributed by atoms with E-state index in [-0.39, 0.29) is 5.91 Å². The Balaban J connectivity index is 1.80. The van der Waals surface area contributed by atoms with Crippen LogP contribution in [0.4, 0.5) is 0 Å². The first kappa shape index (κ1) is 9.30. The van der Waals surface area contributed by atoms with Gasteiger partial charge in [-0.25, -0.2) is 4.98 Å². The number of nitrogens with zero attached hydrogens (tertiary/aromatic N) is 2. The maximum Gasteiger partial charge on any atom is 0.273 e. The number of carbonyl (C=O) groups excluding carboxylic acids is 1. The van der Waals surface area contributed by atoms with Gasteiger partial charge in [0.1, 0.15) is 5.69 Å². The molecule has 2 aliphatic heterocycles. The lowest BCUT2D eigenvalue weighted by Crippen LogP contribution is -2.39. The molecule has 0 aromatic carbocycles. The van der Waals surface area contributed by atoms with Crippen LogP contribution >= 0.6 is 11.3 Å². The van der Waals surface area contributed by atoms with Crippen molar-refractivity contribution >= 4 is 17.2 Å². The van der Waals surface area contributed by atoms with Crippen LogP contribution in [-0.2, 0) is 0 Å². The van der Waals surface area contributed by atoms with Gasteiger partial charge in [-0.2, -0.15) is 0 Å². The Kier molecular flexibility index (Phi) is 2.21. The summed E-state index contributed by atoms with van der Waals surface area (Å²) in [6.07, 6.45) is 1.13. The summed E-state index contributed by atoms with van der Waals surface area (Å²) in [4.78, 5) is 18.2. The summed E-state index contributed by atoms with van der Waals surface area (Å²) < 4.78 is 0. The van der Waals surface area contributed by atoms with Crippen LogP contribution in [0.1, 0.15) is 16.9 Å². The molecule has 1 N–H and O–H groups in total. The van der Waals surface area contributed by atoms with Crippen molar-refractivity contribution < 1.29 is 4.79 Å². The average molecular weight is 223 g/mol. The van der Waals surface area contributed by atoms with Crippen molar-refractivity contribution in [1.29, 1.82) is 0 Å². The standard InChI is InChI=1S/C10H13N3OS/c14-10(8-5-15-6-12-8)13-2-1-7-3-11-4-9(7)13/h5-7,9,11H,1-4H2/t7-,9+/m0/s1. The zero-order chi connectivity index (χ0) is 10.3. The van der Waals surface area contributed by atoms with Gasteiger partial charge in [0.15, 0.2) is 0 Å². The molecule has 2 saturated heterocycles. The lowest BCUT2D eigenvalue weighted by atomic mass is 10.1. The maximum absolute atomic E-state index is 12.1. The molecule has 15 heavy (non-hydrogen) atoms. The molecule has 3 rings (SSSR count). The van der Waals surface area contributed by atoms with E-state index in [9.17, 15) is 4.79 Å². The van der Waals surface area contributed by atoms with Gasteiger partial charge < -0.3 is 10.2 Å². The van der Waals surface area contributed by atoms with Crippen molar-refractivity contribution in [2.75, 3.05) is 19.6 Å². The molecule has 2 fully saturated rings. The van der Waals surface area contributed by atoms with E-state index in [4.69, 9.17) is 0 Å². The summed E-state index contributed by atoms with van der Waals surface area (Å²) in [6.45, 7) is 2.90. The van der Waals surface area contributed by atoms with Crippen LogP contribution in [0, 0.1) is 5.92 Å². The van der Waals surface area contributed by atoms with E-state index in [1.54, 1.807) is 5.51 Å². The fourth-order valence-electron chi connectivity index (χ4n) is 2.57. The number of hydrogen-bond donors (Lipinski definition) is 1. The first-order valence-electron chi connectivity index (χ1n) is 5.26. The summed E-state index contributed by atoms with van der Waals surface area (Å²) in [5, 5.41) is 5.17. The Morgan fingerprint density at radius 2 is 2.53 bits per heavy atom. The van der Waals surface area contributed by atoms with Crippen LogP contribution in [-0.4, -0.2) is 41.5 Å². The topological polar surface area (TPSA) is 45.2 Å². The van der Waals surface area contributed by atoms with Gasteiger partial charge in [-0.3, -0.25) is 4.79 Å². The number of rotatable bonds is 1. The summed E-state index contributed by atoms with van der Waals surface area (Å²) in [7, 11) is 0. The summed E-state index contributed by atoms with van der Waals surface area (Å²) in [5.41, 5.74) is 2.32. The molecule has 5 heteroatoms. The smallest absolute Gasteiger partial charge is 0.273 e. The largest absolute Gasteiger partial charge is 0.333 e. The molecular weight excluding hydrogens is 210 g/mol. The third-order valence-electron chi connectivity index (χ3n) is 3.36. The third kappa shape index (κ3) is 1.46. The molecular formula is C10H13N3OS. The predicted molar refractivity (Wildman–Crippen MR) is 57.9 cm³/mol. The predicted octanol–water partition coefficient (Wildman–Crippen LogP) is 0.577. The molecule has 80 valence electrons. The van der Waals surface area contributed by atoms with Gasteiger partial charge in [-0.15, -0.1) is 11.3 Å². The minimum atomic E-state index is 0.104. The minimum Gasteiger partial charge on any atom is -0.333 e. The summed E-state index contributed by atoms with van der Waals surface area (Å²) >= 11 is 1.48. The molecule has 3 heterocycles.